The van der Waals surface area contributed by atoms with Crippen LogP contribution in [-0.2, 0) is 9.59 Å². The largest absolute Gasteiger partial charge is 0.480 e. The molecule has 7 heteroatoms. The zero-order chi connectivity index (χ0) is 23.0. The number of likely N-dealkylation sites (tertiary alicyclic amines) is 1. The summed E-state index contributed by atoms with van der Waals surface area (Å²) in [6.07, 6.45) is 11.6. The van der Waals surface area contributed by atoms with Crippen molar-refractivity contribution in [2.24, 2.45) is 5.92 Å². The van der Waals surface area contributed by atoms with Gasteiger partial charge in [-0.1, -0.05) is 52.0 Å². The molecule has 0 spiro atoms. The van der Waals surface area contributed by atoms with Crippen molar-refractivity contribution in [1.82, 2.24) is 14.7 Å². The van der Waals surface area contributed by atoms with E-state index in [1.165, 1.54) is 6.42 Å². The maximum absolute atomic E-state index is 13.8. The number of carbonyl (C=O) groups excluding carboxylic acids is 2. The van der Waals surface area contributed by atoms with Gasteiger partial charge in [0, 0.05) is 17.8 Å². The molecule has 0 aromatic carbocycles. The van der Waals surface area contributed by atoms with Crippen molar-refractivity contribution < 1.29 is 19.5 Å². The molecule has 5 atom stereocenters. The van der Waals surface area contributed by atoms with Crippen LogP contribution in [-0.4, -0.2) is 67.9 Å². The zero-order valence-electron chi connectivity index (χ0n) is 19.7. The van der Waals surface area contributed by atoms with Crippen LogP contribution in [0.1, 0.15) is 90.9 Å². The van der Waals surface area contributed by atoms with Gasteiger partial charge in [0.2, 0.25) is 5.91 Å². The molecule has 1 unspecified atom stereocenters. The van der Waals surface area contributed by atoms with Crippen LogP contribution in [0.3, 0.4) is 0 Å². The lowest BCUT2D eigenvalue weighted by atomic mass is 9.84. The van der Waals surface area contributed by atoms with Gasteiger partial charge >= 0.3 is 12.0 Å². The Kier molecular flexibility index (Phi) is 6.82. The number of carbonyl (C=O) groups is 3. The fourth-order valence-corrected chi connectivity index (χ4v) is 6.78. The van der Waals surface area contributed by atoms with Crippen LogP contribution in [0.15, 0.2) is 12.3 Å². The Balaban J connectivity index is 1.60. The predicted octanol–water partition coefficient (Wildman–Crippen LogP) is 4.37. The van der Waals surface area contributed by atoms with Gasteiger partial charge in [0.1, 0.15) is 12.1 Å². The smallest absolute Gasteiger partial charge is 0.326 e. The molecule has 178 valence electrons. The molecule has 4 fully saturated rings. The molecule has 7 nitrogen and oxygen atoms in total. The summed E-state index contributed by atoms with van der Waals surface area (Å²) >= 11 is 0. The number of rotatable bonds is 6. The van der Waals surface area contributed by atoms with Crippen molar-refractivity contribution in [3.05, 3.63) is 12.3 Å². The van der Waals surface area contributed by atoms with Crippen molar-refractivity contribution in [1.29, 1.82) is 0 Å². The van der Waals surface area contributed by atoms with Crippen molar-refractivity contribution in [3.8, 4) is 0 Å². The quantitative estimate of drug-likeness (QED) is 0.658. The van der Waals surface area contributed by atoms with Crippen LogP contribution in [0.4, 0.5) is 4.79 Å². The third-order valence-electron chi connectivity index (χ3n) is 8.36. The molecule has 3 amide bonds. The number of carboxylic acid groups (broad SMARTS) is 1. The monoisotopic (exact) mass is 445 g/mol. The van der Waals surface area contributed by atoms with Gasteiger partial charge in [-0.15, -0.1) is 0 Å². The highest BCUT2D eigenvalue weighted by molar-refractivity contribution is 5.92. The summed E-state index contributed by atoms with van der Waals surface area (Å²) in [7, 11) is 0. The van der Waals surface area contributed by atoms with E-state index in [0.717, 1.165) is 69.9 Å². The Morgan fingerprint density at radius 3 is 2.41 bits per heavy atom. The van der Waals surface area contributed by atoms with E-state index in [-0.39, 0.29) is 36.0 Å². The zero-order valence-corrected chi connectivity index (χ0v) is 19.7. The fourth-order valence-electron chi connectivity index (χ4n) is 6.78. The molecule has 2 aliphatic heterocycles. The highest BCUT2D eigenvalue weighted by Crippen LogP contribution is 2.42. The lowest BCUT2D eigenvalue weighted by Gasteiger charge is -2.37. The van der Waals surface area contributed by atoms with Gasteiger partial charge in [-0.05, 0) is 51.4 Å². The number of carboxylic acids is 1. The number of hydrogen-bond donors (Lipinski definition) is 1. The third-order valence-corrected chi connectivity index (χ3v) is 8.36. The number of fused-ring (bicyclic) bond motifs is 1. The van der Waals surface area contributed by atoms with Crippen molar-refractivity contribution in [2.75, 3.05) is 0 Å². The molecular weight excluding hydrogens is 406 g/mol. The SMILES string of the molecule is C=C1C(CCC)N([C@@H](C)C(=O)N2[C@H](C(=O)O)C[C@@H]3CCCC[C@@H]32)C(=O)N1C1CCCCC1. The fraction of sp³-hybridized carbons (Fsp3) is 0.800. The molecule has 32 heavy (non-hydrogen) atoms. The molecule has 2 aliphatic carbocycles. The van der Waals surface area contributed by atoms with Crippen LogP contribution in [0.5, 0.6) is 0 Å². The van der Waals surface area contributed by atoms with Crippen LogP contribution < -0.4 is 0 Å². The van der Waals surface area contributed by atoms with E-state index in [1.54, 1.807) is 16.7 Å². The molecule has 2 saturated carbocycles. The predicted molar refractivity (Wildman–Crippen MR) is 122 cm³/mol. The highest BCUT2D eigenvalue weighted by atomic mass is 16.4. The average Bonchev–Trinajstić information content (AvgIpc) is 3.29. The van der Waals surface area contributed by atoms with Crippen molar-refractivity contribution in [3.63, 3.8) is 0 Å². The molecule has 1 N–H and O–H groups in total. The summed E-state index contributed by atoms with van der Waals surface area (Å²) in [5.41, 5.74) is 0.815. The van der Waals surface area contributed by atoms with E-state index >= 15 is 0 Å². The summed E-state index contributed by atoms with van der Waals surface area (Å²) in [4.78, 5) is 44.7. The van der Waals surface area contributed by atoms with E-state index in [0.29, 0.717) is 6.42 Å². The van der Waals surface area contributed by atoms with Crippen molar-refractivity contribution >= 4 is 17.9 Å². The highest BCUT2D eigenvalue weighted by Gasteiger charge is 2.52. The first-order valence-corrected chi connectivity index (χ1v) is 12.7. The normalized spacial score (nSPS) is 32.4. The minimum absolute atomic E-state index is 0.0141. The van der Waals surface area contributed by atoms with E-state index in [1.807, 2.05) is 4.90 Å². The molecular formula is C25H39N3O4. The van der Waals surface area contributed by atoms with Crippen LogP contribution in [0.25, 0.3) is 0 Å². The molecule has 4 aliphatic rings. The molecule has 0 bridgehead atoms. The summed E-state index contributed by atoms with van der Waals surface area (Å²) in [6, 6.07) is -1.63. The molecule has 2 heterocycles. The molecule has 4 rings (SSSR count). The van der Waals surface area contributed by atoms with Crippen LogP contribution in [0.2, 0.25) is 0 Å². The number of aliphatic carboxylic acids is 1. The van der Waals surface area contributed by atoms with E-state index < -0.39 is 18.1 Å². The Morgan fingerprint density at radius 1 is 1.09 bits per heavy atom. The Hall–Kier alpha value is -2.05. The van der Waals surface area contributed by atoms with Gasteiger partial charge in [0.05, 0.1) is 6.04 Å². The number of hydrogen-bond acceptors (Lipinski definition) is 3. The average molecular weight is 446 g/mol. The first kappa shape index (κ1) is 23.1. The Labute approximate surface area is 191 Å². The first-order chi connectivity index (χ1) is 15.4. The van der Waals surface area contributed by atoms with Gasteiger partial charge in [-0.2, -0.15) is 0 Å². The standard InChI is InChI=1S/C25H39N3O4/c1-4-10-20-16(2)26(19-12-6-5-7-13-19)25(32)27(20)17(3)23(29)28-21-14-9-8-11-18(21)15-22(28)24(30)31/h17-22H,2,4-15H2,1,3H3,(H,30,31)/t17-,18-,20?,21-,22-/m0/s1. The summed E-state index contributed by atoms with van der Waals surface area (Å²) in [6.45, 7) is 8.17. The first-order valence-electron chi connectivity index (χ1n) is 12.7. The summed E-state index contributed by atoms with van der Waals surface area (Å²) < 4.78 is 0. The second kappa shape index (κ2) is 9.44. The lowest BCUT2D eigenvalue weighted by molar-refractivity contribution is -0.151. The minimum atomic E-state index is -0.925. The van der Waals surface area contributed by atoms with E-state index in [4.69, 9.17) is 0 Å². The van der Waals surface area contributed by atoms with E-state index in [2.05, 4.69) is 13.5 Å². The maximum Gasteiger partial charge on any atom is 0.326 e. The van der Waals surface area contributed by atoms with Gasteiger partial charge in [-0.25, -0.2) is 9.59 Å². The second-order valence-electron chi connectivity index (χ2n) is 10.3. The molecule has 0 radical (unpaired) electrons. The molecule has 2 saturated heterocycles. The van der Waals surface area contributed by atoms with Crippen LogP contribution in [0, 0.1) is 5.92 Å². The Morgan fingerprint density at radius 2 is 1.75 bits per heavy atom. The van der Waals surface area contributed by atoms with E-state index in [9.17, 15) is 19.5 Å². The summed E-state index contributed by atoms with van der Waals surface area (Å²) in [5, 5.41) is 9.87. The minimum Gasteiger partial charge on any atom is -0.480 e. The lowest BCUT2D eigenvalue weighted by Crippen LogP contribution is -2.56. The number of amides is 3. The van der Waals surface area contributed by atoms with Crippen LogP contribution >= 0.6 is 0 Å². The summed E-state index contributed by atoms with van der Waals surface area (Å²) in [5.74, 6) is -0.874. The second-order valence-corrected chi connectivity index (χ2v) is 10.3. The topological polar surface area (TPSA) is 81.2 Å². The maximum atomic E-state index is 13.8. The van der Waals surface area contributed by atoms with Gasteiger partial charge in [-0.3, -0.25) is 9.69 Å². The number of urea groups is 1. The van der Waals surface area contributed by atoms with Gasteiger partial charge in [0.15, 0.2) is 0 Å². The molecule has 0 aromatic rings. The van der Waals surface area contributed by atoms with Crippen molar-refractivity contribution in [2.45, 2.75) is 121 Å². The molecule has 0 aromatic heterocycles. The number of nitrogens with zero attached hydrogens (tertiary/aromatic N) is 3. The van der Waals surface area contributed by atoms with Gasteiger partial charge < -0.3 is 14.9 Å². The Bertz CT molecular complexity index is 762. The van der Waals surface area contributed by atoms with Gasteiger partial charge in [0.25, 0.3) is 0 Å². The third kappa shape index (κ3) is 3.92.